The molecule has 0 atom stereocenters. The number of anilines is 1. The first-order valence-corrected chi connectivity index (χ1v) is 5.71. The minimum Gasteiger partial charge on any atom is -0.389 e. The van der Waals surface area contributed by atoms with E-state index in [1.165, 1.54) is 0 Å². The summed E-state index contributed by atoms with van der Waals surface area (Å²) < 4.78 is 55.1. The van der Waals surface area contributed by atoms with Crippen molar-refractivity contribution in [1.29, 1.82) is 0 Å². The fourth-order valence-electron chi connectivity index (χ4n) is 1.30. The number of nitrogens with two attached hydrogens (primary N) is 1. The lowest BCUT2D eigenvalue weighted by Gasteiger charge is -2.10. The molecule has 0 fully saturated rings. The lowest BCUT2D eigenvalue weighted by molar-refractivity contribution is 0.0214. The van der Waals surface area contributed by atoms with Gasteiger partial charge in [0.1, 0.15) is 28.9 Å². The largest absolute Gasteiger partial charge is 0.389 e. The average Bonchev–Trinajstić information content (AvgIpc) is 2.30. The van der Waals surface area contributed by atoms with E-state index < -0.39 is 24.7 Å². The van der Waals surface area contributed by atoms with Crippen molar-refractivity contribution in [2.24, 2.45) is 5.73 Å². The number of hydrogen-bond donors (Lipinski definition) is 2. The highest BCUT2D eigenvalue weighted by molar-refractivity contribution is 7.80. The second kappa shape index (κ2) is 7.25. The second-order valence-electron chi connectivity index (χ2n) is 3.57. The minimum atomic E-state index is -2.57. The van der Waals surface area contributed by atoms with Crippen molar-refractivity contribution in [3.63, 3.8) is 0 Å². The van der Waals surface area contributed by atoms with Gasteiger partial charge in [0.15, 0.2) is 0 Å². The Kier molecular flexibility index (Phi) is 5.97. The lowest BCUT2D eigenvalue weighted by Crippen LogP contribution is -2.16. The van der Waals surface area contributed by atoms with Gasteiger partial charge < -0.3 is 15.8 Å². The molecule has 0 heterocycles. The van der Waals surface area contributed by atoms with Crippen LogP contribution in [0.2, 0.25) is 0 Å². The second-order valence-corrected chi connectivity index (χ2v) is 4.01. The van der Waals surface area contributed by atoms with E-state index >= 15 is 0 Å². The monoisotopic (exact) mass is 296 g/mol. The van der Waals surface area contributed by atoms with Gasteiger partial charge in [-0.2, -0.15) is 0 Å². The van der Waals surface area contributed by atoms with Gasteiger partial charge in [-0.15, -0.1) is 0 Å². The van der Waals surface area contributed by atoms with Crippen molar-refractivity contribution in [2.75, 3.05) is 25.1 Å². The Morgan fingerprint density at radius 2 is 1.89 bits per heavy atom. The van der Waals surface area contributed by atoms with E-state index in [4.69, 9.17) is 5.73 Å². The maximum absolute atomic E-state index is 13.5. The molecule has 8 heteroatoms. The summed E-state index contributed by atoms with van der Waals surface area (Å²) >= 11 is 4.60. The molecule has 3 N–H and O–H groups in total. The van der Waals surface area contributed by atoms with E-state index in [1.807, 2.05) is 0 Å². The van der Waals surface area contributed by atoms with Gasteiger partial charge >= 0.3 is 0 Å². The summed E-state index contributed by atoms with van der Waals surface area (Å²) in [6.45, 7) is -0.819. The van der Waals surface area contributed by atoms with Gasteiger partial charge in [0.05, 0.1) is 6.61 Å². The van der Waals surface area contributed by atoms with Crippen LogP contribution in [0.1, 0.15) is 5.56 Å². The predicted molar refractivity (Wildman–Crippen MR) is 67.6 cm³/mol. The van der Waals surface area contributed by atoms with Gasteiger partial charge in [-0.05, 0) is 12.1 Å². The van der Waals surface area contributed by atoms with Crippen molar-refractivity contribution in [3.8, 4) is 0 Å². The van der Waals surface area contributed by atoms with E-state index in [9.17, 15) is 17.6 Å². The van der Waals surface area contributed by atoms with Gasteiger partial charge in [-0.1, -0.05) is 12.2 Å². The Bertz CT molecular complexity index is 433. The standard InChI is InChI=1S/C11H12F4N2OS/c12-7-3-6(11(16)19)4-8(13)10(7)17-1-2-18-5-9(14)15/h3-4,9,17H,1-2,5H2,(H2,16,19). The van der Waals surface area contributed by atoms with Crippen LogP contribution in [-0.2, 0) is 4.74 Å². The highest BCUT2D eigenvalue weighted by atomic mass is 32.1. The van der Waals surface area contributed by atoms with Crippen molar-refractivity contribution in [2.45, 2.75) is 6.43 Å². The SMILES string of the molecule is NC(=S)c1cc(F)c(NCCOCC(F)F)c(F)c1. The summed E-state index contributed by atoms with van der Waals surface area (Å²) in [5.74, 6) is -1.73. The molecule has 0 aromatic heterocycles. The molecule has 0 radical (unpaired) electrons. The minimum absolute atomic E-state index is 0.00697. The van der Waals surface area contributed by atoms with Gasteiger partial charge in [-0.3, -0.25) is 0 Å². The van der Waals surface area contributed by atoms with E-state index in [1.54, 1.807) is 0 Å². The highest BCUT2D eigenvalue weighted by Gasteiger charge is 2.12. The van der Waals surface area contributed by atoms with E-state index in [-0.39, 0.29) is 29.4 Å². The molecule has 0 amide bonds. The van der Waals surface area contributed by atoms with Crippen LogP contribution in [0.5, 0.6) is 0 Å². The average molecular weight is 296 g/mol. The number of halogens is 4. The van der Waals surface area contributed by atoms with E-state index in [0.29, 0.717) is 0 Å². The smallest absolute Gasteiger partial charge is 0.261 e. The Morgan fingerprint density at radius 3 is 2.37 bits per heavy atom. The van der Waals surface area contributed by atoms with Crippen LogP contribution in [-0.4, -0.2) is 31.2 Å². The number of alkyl halides is 2. The third-order valence-corrected chi connectivity index (χ3v) is 2.35. The molecule has 1 aromatic carbocycles. The zero-order valence-corrected chi connectivity index (χ0v) is 10.6. The first-order valence-electron chi connectivity index (χ1n) is 5.30. The summed E-state index contributed by atoms with van der Waals surface area (Å²) in [4.78, 5) is -0.121. The van der Waals surface area contributed by atoms with Gasteiger partial charge in [-0.25, -0.2) is 17.6 Å². The molecule has 0 spiro atoms. The van der Waals surface area contributed by atoms with Gasteiger partial charge in [0, 0.05) is 12.1 Å². The van der Waals surface area contributed by atoms with Gasteiger partial charge in [0.25, 0.3) is 6.43 Å². The van der Waals surface area contributed by atoms with Crippen LogP contribution < -0.4 is 11.1 Å². The summed E-state index contributed by atoms with van der Waals surface area (Å²) in [6.07, 6.45) is -2.57. The summed E-state index contributed by atoms with van der Waals surface area (Å²) in [6, 6.07) is 1.99. The molecule has 19 heavy (non-hydrogen) atoms. The van der Waals surface area contributed by atoms with Crippen LogP contribution in [0.3, 0.4) is 0 Å². The molecule has 0 aliphatic heterocycles. The normalized spacial score (nSPS) is 10.8. The molecule has 3 nitrogen and oxygen atoms in total. The molecule has 1 aromatic rings. The molecule has 1 rings (SSSR count). The topological polar surface area (TPSA) is 47.3 Å². The molecular weight excluding hydrogens is 284 g/mol. The first kappa shape index (κ1) is 15.6. The van der Waals surface area contributed by atoms with Crippen molar-refractivity contribution >= 4 is 22.9 Å². The Morgan fingerprint density at radius 1 is 1.32 bits per heavy atom. The van der Waals surface area contributed by atoms with Crippen molar-refractivity contribution in [3.05, 3.63) is 29.3 Å². The Labute approximate surface area is 112 Å². The molecule has 0 saturated heterocycles. The quantitative estimate of drug-likeness (QED) is 0.460. The fraction of sp³-hybridized carbons (Fsp3) is 0.364. The number of rotatable bonds is 7. The zero-order chi connectivity index (χ0) is 14.4. The number of nitrogens with one attached hydrogen (secondary N) is 1. The molecular formula is C11H12F4N2OS. The maximum atomic E-state index is 13.5. The number of thiocarbonyl (C=S) groups is 1. The molecule has 106 valence electrons. The fourth-order valence-corrected chi connectivity index (χ4v) is 1.42. The van der Waals surface area contributed by atoms with Crippen molar-refractivity contribution < 1.29 is 22.3 Å². The third-order valence-electron chi connectivity index (χ3n) is 2.12. The number of hydrogen-bond acceptors (Lipinski definition) is 3. The third kappa shape index (κ3) is 4.99. The summed E-state index contributed by atoms with van der Waals surface area (Å²) in [5, 5.41) is 2.42. The van der Waals surface area contributed by atoms with Crippen LogP contribution in [0.25, 0.3) is 0 Å². The molecule has 0 saturated carbocycles. The lowest BCUT2D eigenvalue weighted by atomic mass is 10.2. The molecule has 0 bridgehead atoms. The number of benzene rings is 1. The molecule has 0 unspecified atom stereocenters. The van der Waals surface area contributed by atoms with Crippen LogP contribution in [0.4, 0.5) is 23.2 Å². The van der Waals surface area contributed by atoms with Gasteiger partial charge in [0.2, 0.25) is 0 Å². The zero-order valence-electron chi connectivity index (χ0n) is 9.76. The van der Waals surface area contributed by atoms with E-state index in [0.717, 1.165) is 12.1 Å². The molecule has 0 aliphatic carbocycles. The van der Waals surface area contributed by atoms with Crippen LogP contribution in [0.15, 0.2) is 12.1 Å². The van der Waals surface area contributed by atoms with E-state index in [2.05, 4.69) is 22.3 Å². The molecule has 0 aliphatic rings. The summed E-state index contributed by atoms with van der Waals surface area (Å²) in [5.41, 5.74) is 4.96. The van der Waals surface area contributed by atoms with Crippen LogP contribution >= 0.6 is 12.2 Å². The van der Waals surface area contributed by atoms with Crippen molar-refractivity contribution in [1.82, 2.24) is 0 Å². The maximum Gasteiger partial charge on any atom is 0.261 e. The first-order chi connectivity index (χ1) is 8.91. The predicted octanol–water partition coefficient (Wildman–Crippen LogP) is 2.29. The summed E-state index contributed by atoms with van der Waals surface area (Å²) in [7, 11) is 0. The highest BCUT2D eigenvalue weighted by Crippen LogP contribution is 2.20. The Balaban J connectivity index is 2.57. The van der Waals surface area contributed by atoms with Crippen LogP contribution in [0, 0.1) is 11.6 Å². The Hall–Kier alpha value is -1.41. The number of ether oxygens (including phenoxy) is 1.